The molecule has 0 fully saturated rings. The Kier molecular flexibility index (Phi) is 43.4. The van der Waals surface area contributed by atoms with Gasteiger partial charge in [0.15, 0.2) is 16.6 Å². The van der Waals surface area contributed by atoms with E-state index in [0.29, 0.717) is 48.5 Å². The summed E-state index contributed by atoms with van der Waals surface area (Å²) >= 11 is 17.1. The molecule has 0 radical (unpaired) electrons. The van der Waals surface area contributed by atoms with Crippen molar-refractivity contribution in [3.63, 3.8) is 0 Å². The SMILES string of the molecule is CCCCCCCCCCCCSC(=S)SC(C)(C#N)CCC(=O)CC[Si](C)(C)OC.CCCCCCCCCCCCSC(=S)SC(CC(C)(C#N)CCC(=O)CC[Si](C)(C)OC)C(N)=O. The van der Waals surface area contributed by atoms with Gasteiger partial charge >= 0.3 is 0 Å². The quantitative estimate of drug-likeness (QED) is 0.0353. The van der Waals surface area contributed by atoms with E-state index in [4.69, 9.17) is 39.0 Å². The van der Waals surface area contributed by atoms with Gasteiger partial charge < -0.3 is 14.6 Å². The van der Waals surface area contributed by atoms with E-state index in [1.54, 1.807) is 37.7 Å². The molecule has 0 aliphatic carbocycles. The number of unbranched alkanes of at least 4 members (excludes halogenated alkanes) is 18. The molecule has 0 aromatic heterocycles. The lowest BCUT2D eigenvalue weighted by molar-refractivity contribution is -0.120. The molecule has 0 aliphatic rings. The first-order valence-corrected chi connectivity index (χ1v) is 36.3. The standard InChI is InChI=1S/C27H50N2O3S3Si.C24H45NO2S3Si/c1-6-7-8-9-10-11-12-13-14-15-19-34-26(33)35-24(25(29)31)21-27(2,22-28)18-16-23(30)17-20-36(4,5)32-3;1-6-7-8-9-10-11-12-13-14-15-19-29-23(28)30-24(2,21-25)18-16-22(26)17-20-31(4,5)27-3/h24H,6-21H2,1-5H3,(H2,29,31);6-20H2,1-5H3. The molecular weight excluding hydrogens is 983 g/mol. The molecule has 67 heavy (non-hydrogen) atoms. The van der Waals surface area contributed by atoms with Gasteiger partial charge in [0.1, 0.15) is 23.4 Å². The third-order valence-corrected chi connectivity index (χ3v) is 23.3. The number of amides is 1. The van der Waals surface area contributed by atoms with Gasteiger partial charge in [0, 0.05) is 39.9 Å². The lowest BCUT2D eigenvalue weighted by atomic mass is 9.81. The first-order chi connectivity index (χ1) is 31.7. The minimum absolute atomic E-state index is 0.139. The molecule has 0 aromatic rings. The van der Waals surface area contributed by atoms with Crippen molar-refractivity contribution in [1.82, 2.24) is 0 Å². The van der Waals surface area contributed by atoms with Gasteiger partial charge in [-0.05, 0) is 95.7 Å². The average molecular weight is 1080 g/mol. The molecule has 0 saturated carbocycles. The van der Waals surface area contributed by atoms with Crippen molar-refractivity contribution in [2.45, 2.75) is 249 Å². The van der Waals surface area contributed by atoms with Crippen LogP contribution in [-0.4, -0.2) is 76.9 Å². The van der Waals surface area contributed by atoms with Gasteiger partial charge in [-0.25, -0.2) is 0 Å². The van der Waals surface area contributed by atoms with Crippen molar-refractivity contribution in [3.05, 3.63) is 0 Å². The number of ketones is 2. The van der Waals surface area contributed by atoms with Crippen molar-refractivity contribution in [1.29, 1.82) is 10.5 Å². The largest absolute Gasteiger partial charge is 0.420 e. The molecule has 8 nitrogen and oxygen atoms in total. The third-order valence-electron chi connectivity index (χ3n) is 12.4. The number of hydrogen-bond acceptors (Lipinski definition) is 13. The molecule has 0 aliphatic heterocycles. The number of primary amides is 1. The molecule has 2 N–H and O–H groups in total. The van der Waals surface area contributed by atoms with Gasteiger partial charge in [-0.15, -0.1) is 23.5 Å². The molecular formula is C51H95N3O5S6Si2. The summed E-state index contributed by atoms with van der Waals surface area (Å²) in [7, 11) is -0.0503. The highest BCUT2D eigenvalue weighted by molar-refractivity contribution is 8.48. The lowest BCUT2D eigenvalue weighted by Crippen LogP contribution is -2.32. The van der Waals surface area contributed by atoms with Crippen LogP contribution in [0.2, 0.25) is 38.3 Å². The van der Waals surface area contributed by atoms with E-state index in [1.807, 2.05) is 13.8 Å². The summed E-state index contributed by atoms with van der Waals surface area (Å²) in [5, 5.41) is 18.9. The first kappa shape index (κ1) is 68.8. The number of rotatable bonds is 41. The van der Waals surface area contributed by atoms with Crippen molar-refractivity contribution >= 4 is 113 Å². The topological polar surface area (TPSA) is 143 Å². The van der Waals surface area contributed by atoms with Crippen LogP contribution in [0, 0.1) is 28.1 Å². The Morgan fingerprint density at radius 1 is 0.597 bits per heavy atom. The number of carbonyl (C=O) groups excluding carboxylic acids is 3. The molecule has 0 rings (SSSR count). The van der Waals surface area contributed by atoms with Crippen LogP contribution in [0.5, 0.6) is 0 Å². The van der Waals surface area contributed by atoms with Crippen LogP contribution in [0.1, 0.15) is 201 Å². The minimum Gasteiger partial charge on any atom is -0.420 e. The summed E-state index contributed by atoms with van der Waals surface area (Å²) in [5.74, 6) is 1.88. The summed E-state index contributed by atoms with van der Waals surface area (Å²) in [4.78, 5) is 36.8. The van der Waals surface area contributed by atoms with Crippen LogP contribution in [-0.2, 0) is 23.2 Å². The van der Waals surface area contributed by atoms with Crippen molar-refractivity contribution in [2.75, 3.05) is 25.7 Å². The summed E-state index contributed by atoms with van der Waals surface area (Å²) in [6.45, 7) is 16.7. The number of Topliss-reactive ketones (excluding diaryl/α,β-unsaturated/α-hetero) is 2. The third kappa shape index (κ3) is 42.0. The van der Waals surface area contributed by atoms with E-state index in [-0.39, 0.29) is 11.6 Å². The zero-order chi connectivity index (χ0) is 51.0. The molecule has 1 amide bonds. The highest BCUT2D eigenvalue weighted by atomic mass is 32.2. The van der Waals surface area contributed by atoms with E-state index < -0.39 is 38.0 Å². The van der Waals surface area contributed by atoms with Gasteiger partial charge in [-0.3, -0.25) is 14.4 Å². The molecule has 0 saturated heterocycles. The summed E-state index contributed by atoms with van der Waals surface area (Å²) < 4.78 is 11.9. The molecule has 0 spiro atoms. The number of nitriles is 2. The second kappa shape index (κ2) is 42.3. The maximum Gasteiger partial charge on any atom is 0.231 e. The van der Waals surface area contributed by atoms with Crippen LogP contribution >= 0.6 is 71.5 Å². The lowest BCUT2D eigenvalue weighted by Gasteiger charge is -2.25. The van der Waals surface area contributed by atoms with Gasteiger partial charge in [0.2, 0.25) is 5.91 Å². The van der Waals surface area contributed by atoms with Crippen molar-refractivity contribution in [3.8, 4) is 12.1 Å². The maximum absolute atomic E-state index is 12.4. The van der Waals surface area contributed by atoms with E-state index >= 15 is 0 Å². The zero-order valence-corrected chi connectivity index (χ0v) is 50.9. The van der Waals surface area contributed by atoms with Crippen LogP contribution < -0.4 is 5.73 Å². The Morgan fingerprint density at radius 3 is 1.33 bits per heavy atom. The fourth-order valence-electron chi connectivity index (χ4n) is 6.92. The smallest absolute Gasteiger partial charge is 0.231 e. The maximum atomic E-state index is 12.4. The molecule has 388 valence electrons. The van der Waals surface area contributed by atoms with Crippen LogP contribution in [0.25, 0.3) is 0 Å². The number of thioether (sulfide) groups is 4. The highest BCUT2D eigenvalue weighted by Gasteiger charge is 2.33. The summed E-state index contributed by atoms with van der Waals surface area (Å²) in [6, 6.07) is 6.33. The summed E-state index contributed by atoms with van der Waals surface area (Å²) in [6.07, 6.45) is 29.4. The molecule has 3 atom stereocenters. The van der Waals surface area contributed by atoms with E-state index in [1.165, 1.54) is 146 Å². The monoisotopic (exact) mass is 1080 g/mol. The number of hydrogen-bond donors (Lipinski definition) is 1. The molecule has 0 aromatic carbocycles. The normalized spacial score (nSPS) is 13.9. The fourth-order valence-corrected chi connectivity index (χ4v) is 14.9. The number of thiocarbonyl (C=S) groups is 2. The highest BCUT2D eigenvalue weighted by Crippen LogP contribution is 2.37. The Bertz CT molecular complexity index is 1460. The van der Waals surface area contributed by atoms with Gasteiger partial charge in [-0.2, -0.15) is 10.5 Å². The van der Waals surface area contributed by atoms with Gasteiger partial charge in [-0.1, -0.05) is 177 Å². The van der Waals surface area contributed by atoms with E-state index in [0.717, 1.165) is 33.5 Å². The van der Waals surface area contributed by atoms with Crippen molar-refractivity contribution < 1.29 is 23.2 Å². The van der Waals surface area contributed by atoms with Crippen molar-refractivity contribution in [2.24, 2.45) is 11.1 Å². The minimum atomic E-state index is -1.78. The predicted octanol–water partition coefficient (Wildman–Crippen LogP) is 16.6. The molecule has 3 unspecified atom stereocenters. The second-order valence-corrected chi connectivity index (χ2v) is 36.1. The predicted molar refractivity (Wildman–Crippen MR) is 311 cm³/mol. The molecule has 0 heterocycles. The van der Waals surface area contributed by atoms with Gasteiger partial charge in [0.25, 0.3) is 0 Å². The molecule has 16 heteroatoms. The first-order valence-electron chi connectivity index (χ1n) is 25.6. The Hall–Kier alpha value is -0.276. The Balaban J connectivity index is 0. The van der Waals surface area contributed by atoms with E-state index in [9.17, 15) is 24.9 Å². The fraction of sp³-hybridized carbons (Fsp3) is 0.863. The van der Waals surface area contributed by atoms with E-state index in [2.05, 4.69) is 52.2 Å². The van der Waals surface area contributed by atoms with Crippen LogP contribution in [0.15, 0.2) is 0 Å². The van der Waals surface area contributed by atoms with Crippen LogP contribution in [0.3, 0.4) is 0 Å². The Labute approximate surface area is 441 Å². The summed E-state index contributed by atoms with van der Waals surface area (Å²) in [5.41, 5.74) is 4.86. The average Bonchev–Trinajstić information content (AvgIpc) is 3.29. The van der Waals surface area contributed by atoms with Gasteiger partial charge in [0.05, 0.1) is 22.8 Å². The Morgan fingerprint density at radius 2 is 0.970 bits per heavy atom. The second-order valence-electron chi connectivity index (χ2n) is 19.9. The molecule has 0 bridgehead atoms. The number of carbonyl (C=O) groups is 3. The van der Waals surface area contributed by atoms with Crippen LogP contribution in [0.4, 0.5) is 0 Å². The number of nitrogens with two attached hydrogens (primary N) is 1. The zero-order valence-electron chi connectivity index (χ0n) is 44.0. The number of nitrogens with zero attached hydrogens (tertiary/aromatic N) is 2.